The predicted molar refractivity (Wildman–Crippen MR) is 80.8 cm³/mol. The summed E-state index contributed by atoms with van der Waals surface area (Å²) in [7, 11) is 0. The number of halogens is 1. The molecule has 1 N–H and O–H groups in total. The van der Waals surface area contributed by atoms with Crippen molar-refractivity contribution in [1.29, 1.82) is 5.26 Å². The molecule has 2 aromatic rings. The van der Waals surface area contributed by atoms with Gasteiger partial charge in [0.1, 0.15) is 0 Å². The minimum absolute atomic E-state index is 0.690. The zero-order valence-electron chi connectivity index (χ0n) is 10.2. The highest BCUT2D eigenvalue weighted by atomic mass is 79.9. The van der Waals surface area contributed by atoms with Gasteiger partial charge in [0.15, 0.2) is 0 Å². The molecule has 3 nitrogen and oxygen atoms in total. The van der Waals surface area contributed by atoms with Crippen molar-refractivity contribution in [2.24, 2.45) is 0 Å². The molecule has 0 spiro atoms. The second-order valence-corrected chi connectivity index (χ2v) is 5.31. The van der Waals surface area contributed by atoms with E-state index in [1.54, 1.807) is 0 Å². The van der Waals surface area contributed by atoms with Crippen LogP contribution in [0.3, 0.4) is 0 Å². The molecule has 0 unspecified atom stereocenters. The number of anilines is 3. The van der Waals surface area contributed by atoms with Crippen LogP contribution in [-0.4, -0.2) is 13.1 Å². The Morgan fingerprint density at radius 3 is 2.68 bits per heavy atom. The topological polar surface area (TPSA) is 39.1 Å². The molecule has 2 aromatic carbocycles. The van der Waals surface area contributed by atoms with E-state index in [4.69, 9.17) is 5.26 Å². The Balaban J connectivity index is 2.01. The fourth-order valence-corrected chi connectivity index (χ4v) is 2.65. The normalized spacial score (nSPS) is 13.4. The summed E-state index contributed by atoms with van der Waals surface area (Å²) in [5.74, 6) is 0. The van der Waals surface area contributed by atoms with E-state index in [0.717, 1.165) is 28.9 Å². The third kappa shape index (κ3) is 2.29. The molecule has 0 atom stereocenters. The smallest absolute Gasteiger partial charge is 0.0991 e. The van der Waals surface area contributed by atoms with E-state index in [2.05, 4.69) is 44.3 Å². The van der Waals surface area contributed by atoms with Gasteiger partial charge >= 0.3 is 0 Å². The molecule has 19 heavy (non-hydrogen) atoms. The number of nitrogens with one attached hydrogen (secondary N) is 1. The lowest BCUT2D eigenvalue weighted by molar-refractivity contribution is 0.926. The number of benzene rings is 2. The summed E-state index contributed by atoms with van der Waals surface area (Å²) in [6.07, 6.45) is 0. The summed E-state index contributed by atoms with van der Waals surface area (Å²) in [6.45, 7) is 1.82. The highest BCUT2D eigenvalue weighted by Crippen LogP contribution is 2.36. The van der Waals surface area contributed by atoms with Crippen LogP contribution in [0.4, 0.5) is 17.1 Å². The summed E-state index contributed by atoms with van der Waals surface area (Å²) in [5.41, 5.74) is 4.10. The molecule has 0 amide bonds. The van der Waals surface area contributed by atoms with Crippen LogP contribution < -0.4 is 10.2 Å². The predicted octanol–water partition coefficient (Wildman–Crippen LogP) is 3.88. The van der Waals surface area contributed by atoms with Gasteiger partial charge in [-0.05, 0) is 42.5 Å². The lowest BCUT2D eigenvalue weighted by Crippen LogP contribution is -2.30. The first-order valence-electron chi connectivity index (χ1n) is 6.09. The fraction of sp³-hybridized carbons (Fsp3) is 0.133. The Labute approximate surface area is 120 Å². The molecule has 1 heterocycles. The number of fused-ring (bicyclic) bond motifs is 1. The summed E-state index contributed by atoms with van der Waals surface area (Å²) in [5, 5.41) is 12.3. The number of nitrogens with zero attached hydrogens (tertiary/aromatic N) is 2. The van der Waals surface area contributed by atoms with E-state index in [1.165, 1.54) is 5.69 Å². The molecule has 0 saturated heterocycles. The average Bonchev–Trinajstić information content (AvgIpc) is 2.46. The van der Waals surface area contributed by atoms with Crippen molar-refractivity contribution in [2.45, 2.75) is 0 Å². The summed E-state index contributed by atoms with van der Waals surface area (Å²) < 4.78 is 1.07. The highest BCUT2D eigenvalue weighted by molar-refractivity contribution is 9.10. The third-order valence-electron chi connectivity index (χ3n) is 3.21. The Morgan fingerprint density at radius 1 is 1.16 bits per heavy atom. The van der Waals surface area contributed by atoms with Crippen molar-refractivity contribution in [3.05, 3.63) is 52.5 Å². The molecule has 3 rings (SSSR count). The molecule has 0 aliphatic carbocycles. The SMILES string of the molecule is N#Cc1ccc(N2CCNc3cc(Br)ccc32)cc1. The van der Waals surface area contributed by atoms with E-state index in [0.29, 0.717) is 5.56 Å². The van der Waals surface area contributed by atoms with Gasteiger partial charge in [0.2, 0.25) is 0 Å². The Kier molecular flexibility index (Phi) is 3.14. The lowest BCUT2D eigenvalue weighted by Gasteiger charge is -2.32. The molecule has 94 valence electrons. The van der Waals surface area contributed by atoms with Gasteiger partial charge < -0.3 is 10.2 Å². The third-order valence-corrected chi connectivity index (χ3v) is 3.70. The maximum Gasteiger partial charge on any atom is 0.0991 e. The minimum atomic E-state index is 0.690. The molecule has 0 fully saturated rings. The van der Waals surface area contributed by atoms with Gasteiger partial charge in [-0.1, -0.05) is 15.9 Å². The zero-order chi connectivity index (χ0) is 13.2. The monoisotopic (exact) mass is 313 g/mol. The van der Waals surface area contributed by atoms with Crippen LogP contribution >= 0.6 is 15.9 Å². The van der Waals surface area contributed by atoms with Crippen LogP contribution in [0.25, 0.3) is 0 Å². The quantitative estimate of drug-likeness (QED) is 0.868. The van der Waals surface area contributed by atoms with Crippen LogP contribution in [0.15, 0.2) is 46.9 Å². The van der Waals surface area contributed by atoms with Crippen molar-refractivity contribution in [3.8, 4) is 6.07 Å². The van der Waals surface area contributed by atoms with E-state index >= 15 is 0 Å². The maximum atomic E-state index is 8.85. The van der Waals surface area contributed by atoms with Crippen molar-refractivity contribution in [3.63, 3.8) is 0 Å². The van der Waals surface area contributed by atoms with E-state index in [9.17, 15) is 0 Å². The van der Waals surface area contributed by atoms with Crippen LogP contribution in [0.2, 0.25) is 0 Å². The molecule has 0 aromatic heterocycles. The molecule has 0 radical (unpaired) electrons. The molecule has 1 aliphatic heterocycles. The molecule has 1 aliphatic rings. The Morgan fingerprint density at radius 2 is 1.95 bits per heavy atom. The first-order chi connectivity index (χ1) is 9.28. The second-order valence-electron chi connectivity index (χ2n) is 4.40. The minimum Gasteiger partial charge on any atom is -0.382 e. The molecule has 0 saturated carbocycles. The van der Waals surface area contributed by atoms with Gasteiger partial charge in [-0.3, -0.25) is 0 Å². The van der Waals surface area contributed by atoms with Crippen LogP contribution in [0.1, 0.15) is 5.56 Å². The summed E-state index contributed by atoms with van der Waals surface area (Å²) in [6, 6.07) is 16.1. The molecule has 4 heteroatoms. The number of nitriles is 1. The maximum absolute atomic E-state index is 8.85. The van der Waals surface area contributed by atoms with Crippen LogP contribution in [-0.2, 0) is 0 Å². The molecular formula is C15H12BrN3. The standard InChI is InChI=1S/C15H12BrN3/c16-12-3-6-15-14(9-12)18-7-8-19(15)13-4-1-11(10-17)2-5-13/h1-6,9,18H,7-8H2. The first kappa shape index (κ1) is 12.1. The second kappa shape index (κ2) is 4.94. The van der Waals surface area contributed by atoms with Gasteiger partial charge in [0.25, 0.3) is 0 Å². The van der Waals surface area contributed by atoms with Gasteiger partial charge in [-0.15, -0.1) is 0 Å². The van der Waals surface area contributed by atoms with Crippen molar-refractivity contribution < 1.29 is 0 Å². The lowest BCUT2D eigenvalue weighted by atomic mass is 10.1. The Hall–Kier alpha value is -1.99. The van der Waals surface area contributed by atoms with Crippen molar-refractivity contribution in [1.82, 2.24) is 0 Å². The summed E-state index contributed by atoms with van der Waals surface area (Å²) in [4.78, 5) is 2.26. The number of hydrogen-bond acceptors (Lipinski definition) is 3. The van der Waals surface area contributed by atoms with Gasteiger partial charge in [-0.25, -0.2) is 0 Å². The summed E-state index contributed by atoms with van der Waals surface area (Å²) >= 11 is 3.49. The van der Waals surface area contributed by atoms with E-state index in [-0.39, 0.29) is 0 Å². The fourth-order valence-electron chi connectivity index (χ4n) is 2.29. The molecular weight excluding hydrogens is 302 g/mol. The number of rotatable bonds is 1. The highest BCUT2D eigenvalue weighted by Gasteiger charge is 2.17. The molecule has 0 bridgehead atoms. The average molecular weight is 314 g/mol. The van der Waals surface area contributed by atoms with E-state index in [1.807, 2.05) is 30.3 Å². The van der Waals surface area contributed by atoms with Gasteiger partial charge in [0, 0.05) is 23.2 Å². The van der Waals surface area contributed by atoms with E-state index < -0.39 is 0 Å². The van der Waals surface area contributed by atoms with Crippen molar-refractivity contribution in [2.75, 3.05) is 23.3 Å². The zero-order valence-corrected chi connectivity index (χ0v) is 11.8. The number of hydrogen-bond donors (Lipinski definition) is 1. The Bertz CT molecular complexity index is 643. The van der Waals surface area contributed by atoms with Crippen LogP contribution in [0.5, 0.6) is 0 Å². The van der Waals surface area contributed by atoms with Gasteiger partial charge in [0.05, 0.1) is 23.0 Å². The largest absolute Gasteiger partial charge is 0.382 e. The van der Waals surface area contributed by atoms with Crippen molar-refractivity contribution >= 4 is 33.0 Å². The first-order valence-corrected chi connectivity index (χ1v) is 6.88. The van der Waals surface area contributed by atoms with Crippen LogP contribution in [0, 0.1) is 11.3 Å². The van der Waals surface area contributed by atoms with Gasteiger partial charge in [-0.2, -0.15) is 5.26 Å².